The van der Waals surface area contributed by atoms with Crippen LogP contribution in [0.5, 0.6) is 0 Å². The fourth-order valence-electron chi connectivity index (χ4n) is 0.831. The lowest BCUT2D eigenvalue weighted by atomic mass is 10.2. The van der Waals surface area contributed by atoms with Crippen LogP contribution >= 0.6 is 7.60 Å². The van der Waals surface area contributed by atoms with Gasteiger partial charge < -0.3 is 10.00 Å². The Morgan fingerprint density at radius 1 is 1.41 bits per heavy atom. The van der Waals surface area contributed by atoms with Crippen LogP contribution in [-0.4, -0.2) is 22.6 Å². The second-order valence-corrected chi connectivity index (χ2v) is 5.01. The average Bonchev–Trinajstić information content (AvgIpc) is 2.16. The summed E-state index contributed by atoms with van der Waals surface area (Å²) >= 11 is 0. The highest BCUT2D eigenvalue weighted by Gasteiger charge is 2.08. The summed E-state index contributed by atoms with van der Waals surface area (Å²) in [6.07, 6.45) is 0. The second kappa shape index (κ2) is 7.97. The lowest BCUT2D eigenvalue weighted by molar-refractivity contribution is -0.134. The van der Waals surface area contributed by atoms with E-state index in [9.17, 15) is 4.57 Å². The molecule has 0 aliphatic heterocycles. The largest absolute Gasteiger partial charge is 0.481 e. The summed E-state index contributed by atoms with van der Waals surface area (Å²) in [5.41, 5.74) is 3.42. The highest BCUT2D eigenvalue weighted by molar-refractivity contribution is 7.51. The molecule has 7 heteroatoms. The van der Waals surface area contributed by atoms with Gasteiger partial charge in [0.25, 0.3) is 5.97 Å². The van der Waals surface area contributed by atoms with Gasteiger partial charge in [0.15, 0.2) is 0 Å². The van der Waals surface area contributed by atoms with Gasteiger partial charge >= 0.3 is 7.60 Å². The summed E-state index contributed by atoms with van der Waals surface area (Å²) in [6.45, 7) is 2.63. The lowest BCUT2D eigenvalue weighted by Crippen LogP contribution is -2.11. The molecule has 0 aromatic heterocycles. The van der Waals surface area contributed by atoms with E-state index >= 15 is 0 Å². The van der Waals surface area contributed by atoms with Gasteiger partial charge in [-0.05, 0) is 5.56 Å². The molecule has 0 saturated carbocycles. The molecule has 0 heterocycles. The number of hydrogen-bond donors (Lipinski definition) is 3. The number of nitrogens with one attached hydrogen (secondary N) is 1. The standard InChI is InChI=1S/C8H12NO3P.C2H4O2/c1-13(10,11)12-9-7-8-5-3-2-4-6-8;1-2(3)4/h2-6,9H,7H2,1H3,(H,10,11);1H3,(H,3,4). The van der Waals surface area contributed by atoms with Crippen LogP contribution in [0.1, 0.15) is 12.5 Å². The number of carbonyl (C=O) groups is 1. The number of hydrogen-bond acceptors (Lipinski definition) is 4. The van der Waals surface area contributed by atoms with Crippen molar-refractivity contribution < 1.29 is 24.0 Å². The number of benzene rings is 1. The third-order valence-corrected chi connectivity index (χ3v) is 1.82. The maximum Gasteiger partial charge on any atom is 0.341 e. The van der Waals surface area contributed by atoms with Crippen molar-refractivity contribution in [1.29, 1.82) is 0 Å². The van der Waals surface area contributed by atoms with E-state index in [0.29, 0.717) is 6.54 Å². The first-order valence-corrected chi connectivity index (χ1v) is 6.79. The summed E-state index contributed by atoms with van der Waals surface area (Å²) in [5.74, 6) is -0.833. The summed E-state index contributed by atoms with van der Waals surface area (Å²) in [5, 5.41) is 7.42. The van der Waals surface area contributed by atoms with E-state index < -0.39 is 13.6 Å². The monoisotopic (exact) mass is 261 g/mol. The molecule has 96 valence electrons. The van der Waals surface area contributed by atoms with Gasteiger partial charge in [-0.3, -0.25) is 9.36 Å². The van der Waals surface area contributed by atoms with Gasteiger partial charge in [0.1, 0.15) is 0 Å². The fourth-order valence-corrected chi connectivity index (χ4v) is 1.14. The summed E-state index contributed by atoms with van der Waals surface area (Å²) in [4.78, 5) is 17.8. The van der Waals surface area contributed by atoms with Crippen LogP contribution < -0.4 is 5.48 Å². The first kappa shape index (κ1) is 15.8. The Labute approximate surface area is 99.7 Å². The number of hydroxylamine groups is 1. The molecule has 1 atom stereocenters. The van der Waals surface area contributed by atoms with Crippen molar-refractivity contribution in [2.24, 2.45) is 0 Å². The minimum atomic E-state index is -3.41. The van der Waals surface area contributed by atoms with E-state index in [-0.39, 0.29) is 0 Å². The Bertz CT molecular complexity index is 372. The van der Waals surface area contributed by atoms with Crippen molar-refractivity contribution in [2.75, 3.05) is 6.66 Å². The maximum atomic E-state index is 10.7. The number of rotatable bonds is 4. The van der Waals surface area contributed by atoms with Crippen molar-refractivity contribution in [1.82, 2.24) is 5.48 Å². The van der Waals surface area contributed by atoms with Crippen LogP contribution in [0.3, 0.4) is 0 Å². The van der Waals surface area contributed by atoms with Gasteiger partial charge in [-0.2, -0.15) is 5.48 Å². The van der Waals surface area contributed by atoms with Crippen molar-refractivity contribution >= 4 is 13.6 Å². The van der Waals surface area contributed by atoms with E-state index in [1.807, 2.05) is 30.3 Å². The highest BCUT2D eigenvalue weighted by Crippen LogP contribution is 2.34. The van der Waals surface area contributed by atoms with Gasteiger partial charge in [0.05, 0.1) is 0 Å². The molecule has 6 nitrogen and oxygen atoms in total. The minimum Gasteiger partial charge on any atom is -0.481 e. The number of carboxylic acid groups (broad SMARTS) is 1. The molecule has 0 spiro atoms. The molecule has 1 unspecified atom stereocenters. The Kier molecular flexibility index (Phi) is 7.41. The van der Waals surface area contributed by atoms with Crippen LogP contribution in [-0.2, 0) is 20.5 Å². The molecule has 0 aliphatic carbocycles. The average molecular weight is 261 g/mol. The molecular formula is C10H16NO5P. The molecule has 1 aromatic carbocycles. The van der Waals surface area contributed by atoms with Gasteiger partial charge in [-0.1, -0.05) is 30.3 Å². The van der Waals surface area contributed by atoms with E-state index in [0.717, 1.165) is 19.2 Å². The molecule has 0 saturated heterocycles. The fraction of sp³-hybridized carbons (Fsp3) is 0.300. The Hall–Kier alpha value is -1.20. The van der Waals surface area contributed by atoms with E-state index in [2.05, 4.69) is 10.1 Å². The van der Waals surface area contributed by atoms with Crippen LogP contribution in [0.25, 0.3) is 0 Å². The summed E-state index contributed by atoms with van der Waals surface area (Å²) in [7, 11) is -3.41. The van der Waals surface area contributed by atoms with E-state index in [1.54, 1.807) is 0 Å². The number of aliphatic carboxylic acids is 1. The Morgan fingerprint density at radius 3 is 2.29 bits per heavy atom. The Morgan fingerprint density at radius 2 is 1.88 bits per heavy atom. The summed E-state index contributed by atoms with van der Waals surface area (Å²) in [6, 6.07) is 9.48. The zero-order valence-corrected chi connectivity index (χ0v) is 10.6. The van der Waals surface area contributed by atoms with Crippen molar-refractivity contribution in [3.8, 4) is 0 Å². The predicted molar refractivity (Wildman–Crippen MR) is 63.4 cm³/mol. The van der Waals surface area contributed by atoms with Crippen LogP contribution in [0.15, 0.2) is 30.3 Å². The Balaban J connectivity index is 0.000000557. The predicted octanol–water partition coefficient (Wildman–Crippen LogP) is 1.61. The van der Waals surface area contributed by atoms with Crippen LogP contribution in [0, 0.1) is 0 Å². The van der Waals surface area contributed by atoms with Crippen LogP contribution in [0.2, 0.25) is 0 Å². The third-order valence-electron chi connectivity index (χ3n) is 1.35. The molecular weight excluding hydrogens is 245 g/mol. The van der Waals surface area contributed by atoms with Gasteiger partial charge in [0.2, 0.25) is 0 Å². The second-order valence-electron chi connectivity index (χ2n) is 3.22. The molecule has 3 N–H and O–H groups in total. The minimum absolute atomic E-state index is 0.416. The van der Waals surface area contributed by atoms with Gasteiger partial charge in [0, 0.05) is 20.1 Å². The zero-order chi connectivity index (χ0) is 13.3. The zero-order valence-electron chi connectivity index (χ0n) is 9.66. The molecule has 0 bridgehead atoms. The van der Waals surface area contributed by atoms with Gasteiger partial charge in [-0.15, -0.1) is 0 Å². The summed E-state index contributed by atoms with van der Waals surface area (Å²) < 4.78 is 15.2. The first-order valence-electron chi connectivity index (χ1n) is 4.76. The molecule has 0 fully saturated rings. The lowest BCUT2D eigenvalue weighted by Gasteiger charge is -2.07. The topological polar surface area (TPSA) is 95.9 Å². The third kappa shape index (κ3) is 12.7. The number of carboxylic acids is 1. The molecule has 17 heavy (non-hydrogen) atoms. The smallest absolute Gasteiger partial charge is 0.341 e. The molecule has 1 rings (SSSR count). The molecule has 0 amide bonds. The normalized spacial score (nSPS) is 13.1. The van der Waals surface area contributed by atoms with Crippen molar-refractivity contribution in [3.63, 3.8) is 0 Å². The quantitative estimate of drug-likeness (QED) is 0.563. The maximum absolute atomic E-state index is 10.7. The highest BCUT2D eigenvalue weighted by atomic mass is 31.2. The first-order chi connectivity index (χ1) is 7.81. The molecule has 0 aliphatic rings. The van der Waals surface area contributed by atoms with E-state index in [1.165, 1.54) is 0 Å². The SMILES string of the molecule is CC(=O)O.CP(=O)(O)ONCc1ccccc1. The molecule has 1 aromatic rings. The van der Waals surface area contributed by atoms with Crippen molar-refractivity contribution in [2.45, 2.75) is 13.5 Å². The van der Waals surface area contributed by atoms with E-state index in [4.69, 9.17) is 14.8 Å². The van der Waals surface area contributed by atoms with Crippen molar-refractivity contribution in [3.05, 3.63) is 35.9 Å². The van der Waals surface area contributed by atoms with Gasteiger partial charge in [-0.25, -0.2) is 4.62 Å². The molecule has 0 radical (unpaired) electrons. The van der Waals surface area contributed by atoms with Crippen LogP contribution in [0.4, 0.5) is 0 Å².